The van der Waals surface area contributed by atoms with Gasteiger partial charge in [0.1, 0.15) is 6.10 Å². The van der Waals surface area contributed by atoms with Gasteiger partial charge in [0.2, 0.25) is 15.9 Å². The average molecular weight is 316 g/mol. The Bertz CT molecular complexity index is 507. The van der Waals surface area contributed by atoms with Crippen molar-refractivity contribution in [1.82, 2.24) is 9.62 Å². The molecule has 7 heteroatoms. The molecule has 1 amide bonds. The maximum absolute atomic E-state index is 12.1. The number of hydrogen-bond acceptors (Lipinski definition) is 4. The summed E-state index contributed by atoms with van der Waals surface area (Å²) in [4.78, 5) is 12.1. The third kappa shape index (κ3) is 3.57. The van der Waals surface area contributed by atoms with E-state index in [1.165, 1.54) is 23.4 Å². The molecule has 1 spiro atoms. The van der Waals surface area contributed by atoms with Crippen molar-refractivity contribution < 1.29 is 17.9 Å². The summed E-state index contributed by atoms with van der Waals surface area (Å²) in [6.07, 6.45) is 6.30. The first-order valence-electron chi connectivity index (χ1n) is 7.79. The first kappa shape index (κ1) is 15.2. The zero-order valence-electron chi connectivity index (χ0n) is 12.5. The molecule has 0 bridgehead atoms. The van der Waals surface area contributed by atoms with Crippen molar-refractivity contribution in [1.29, 1.82) is 0 Å². The molecule has 1 N–H and O–H groups in total. The van der Waals surface area contributed by atoms with E-state index in [0.29, 0.717) is 31.8 Å². The lowest BCUT2D eigenvalue weighted by molar-refractivity contribution is -0.139. The Morgan fingerprint density at radius 2 is 1.90 bits per heavy atom. The van der Waals surface area contributed by atoms with E-state index in [0.717, 1.165) is 19.4 Å². The smallest absolute Gasteiger partial charge is 0.249 e. The number of hydrogen-bond donors (Lipinski definition) is 1. The molecule has 2 heterocycles. The Balaban J connectivity index is 1.51. The van der Waals surface area contributed by atoms with Crippen LogP contribution in [0.2, 0.25) is 0 Å². The summed E-state index contributed by atoms with van der Waals surface area (Å²) in [5.41, 5.74) is -0.289. The van der Waals surface area contributed by atoms with Crippen LogP contribution in [0.1, 0.15) is 38.5 Å². The fraction of sp³-hybridized carbons (Fsp3) is 0.929. The number of nitrogens with one attached hydrogen (secondary N) is 1. The molecule has 2 saturated heterocycles. The average Bonchev–Trinajstić information content (AvgIpc) is 3.17. The number of amides is 1. The number of ether oxygens (including phenoxy) is 1. The number of nitrogens with zero attached hydrogens (tertiary/aromatic N) is 1. The third-order valence-corrected chi connectivity index (χ3v) is 6.21. The Labute approximate surface area is 126 Å². The molecule has 3 fully saturated rings. The maximum Gasteiger partial charge on any atom is 0.249 e. The van der Waals surface area contributed by atoms with Gasteiger partial charge in [-0.2, -0.15) is 0 Å². The summed E-state index contributed by atoms with van der Waals surface area (Å²) in [6.45, 7) is 1.76. The van der Waals surface area contributed by atoms with Gasteiger partial charge in [0, 0.05) is 19.6 Å². The van der Waals surface area contributed by atoms with Gasteiger partial charge < -0.3 is 10.1 Å². The molecule has 0 unspecified atom stereocenters. The second-order valence-electron chi connectivity index (χ2n) is 6.68. The molecule has 3 aliphatic rings. The van der Waals surface area contributed by atoms with Crippen LogP contribution in [0.5, 0.6) is 0 Å². The largest absolute Gasteiger partial charge is 0.362 e. The fourth-order valence-electron chi connectivity index (χ4n) is 3.27. The van der Waals surface area contributed by atoms with E-state index in [1.54, 1.807) is 0 Å². The molecule has 0 aromatic rings. The van der Waals surface area contributed by atoms with Gasteiger partial charge in [0.15, 0.2) is 0 Å². The van der Waals surface area contributed by atoms with Crippen LogP contribution in [-0.2, 0) is 19.6 Å². The lowest BCUT2D eigenvalue weighted by Crippen LogP contribution is -2.47. The highest BCUT2D eigenvalue weighted by Crippen LogP contribution is 2.39. The van der Waals surface area contributed by atoms with Crippen LogP contribution in [-0.4, -0.2) is 56.2 Å². The number of carbonyl (C=O) groups excluding carboxylic acids is 1. The summed E-state index contributed by atoms with van der Waals surface area (Å²) in [5, 5.41) is 2.97. The molecule has 1 atom stereocenters. The van der Waals surface area contributed by atoms with Gasteiger partial charge in [0.05, 0.1) is 11.9 Å². The van der Waals surface area contributed by atoms with Gasteiger partial charge in [-0.05, 0) is 44.4 Å². The van der Waals surface area contributed by atoms with E-state index in [4.69, 9.17) is 4.74 Å². The molecular weight excluding hydrogens is 292 g/mol. The van der Waals surface area contributed by atoms with Crippen LogP contribution in [0.25, 0.3) is 0 Å². The highest BCUT2D eigenvalue weighted by atomic mass is 32.2. The van der Waals surface area contributed by atoms with Gasteiger partial charge in [-0.1, -0.05) is 0 Å². The predicted molar refractivity (Wildman–Crippen MR) is 78.2 cm³/mol. The minimum absolute atomic E-state index is 0.00400. The van der Waals surface area contributed by atoms with Crippen molar-refractivity contribution >= 4 is 15.9 Å². The monoisotopic (exact) mass is 316 g/mol. The van der Waals surface area contributed by atoms with E-state index in [2.05, 4.69) is 5.32 Å². The van der Waals surface area contributed by atoms with Crippen molar-refractivity contribution in [2.45, 2.75) is 50.2 Å². The van der Waals surface area contributed by atoms with Gasteiger partial charge in [-0.3, -0.25) is 4.79 Å². The number of sulfonamides is 1. The molecule has 1 saturated carbocycles. The highest BCUT2D eigenvalue weighted by Gasteiger charge is 2.45. The minimum Gasteiger partial charge on any atom is -0.362 e. The van der Waals surface area contributed by atoms with Crippen LogP contribution in [0.15, 0.2) is 0 Å². The second-order valence-corrected chi connectivity index (χ2v) is 8.66. The van der Waals surface area contributed by atoms with Gasteiger partial charge in [-0.15, -0.1) is 0 Å². The number of carbonyl (C=O) groups is 1. The first-order chi connectivity index (χ1) is 9.88. The summed E-state index contributed by atoms with van der Waals surface area (Å²) in [6, 6.07) is 0. The Hall–Kier alpha value is -0.660. The normalized spacial score (nSPS) is 29.7. The van der Waals surface area contributed by atoms with Crippen LogP contribution < -0.4 is 5.32 Å². The zero-order valence-corrected chi connectivity index (χ0v) is 13.3. The van der Waals surface area contributed by atoms with Crippen LogP contribution >= 0.6 is 0 Å². The fourth-order valence-corrected chi connectivity index (χ4v) is 4.12. The Kier molecular flexibility index (Phi) is 4.00. The molecule has 6 nitrogen and oxygen atoms in total. The highest BCUT2D eigenvalue weighted by molar-refractivity contribution is 7.88. The van der Waals surface area contributed by atoms with Crippen molar-refractivity contribution in [3.05, 3.63) is 0 Å². The van der Waals surface area contributed by atoms with Crippen LogP contribution in [0.4, 0.5) is 0 Å². The standard InChI is InChI=1S/C14H24N2O4S/c1-21(18,19)16-8-6-14(7-9-16)5-4-12(20-14)13(17)15-10-11-2-3-11/h11-12H,2-10H2,1H3,(H,15,17)/t12-/m1/s1. The summed E-state index contributed by atoms with van der Waals surface area (Å²) in [5.74, 6) is 0.673. The molecule has 0 aromatic heterocycles. The van der Waals surface area contributed by atoms with E-state index < -0.39 is 10.0 Å². The lowest BCUT2D eigenvalue weighted by Gasteiger charge is -2.37. The van der Waals surface area contributed by atoms with Crippen molar-refractivity contribution in [2.75, 3.05) is 25.9 Å². The van der Waals surface area contributed by atoms with Crippen molar-refractivity contribution in [2.24, 2.45) is 5.92 Å². The van der Waals surface area contributed by atoms with Crippen molar-refractivity contribution in [3.63, 3.8) is 0 Å². The number of piperidine rings is 1. The molecule has 120 valence electrons. The summed E-state index contributed by atoms with van der Waals surface area (Å²) in [7, 11) is -3.11. The summed E-state index contributed by atoms with van der Waals surface area (Å²) < 4.78 is 30.6. The maximum atomic E-state index is 12.1. The molecule has 2 aliphatic heterocycles. The molecule has 0 aromatic carbocycles. The van der Waals surface area contributed by atoms with Crippen LogP contribution in [0, 0.1) is 5.92 Å². The van der Waals surface area contributed by atoms with E-state index in [1.807, 2.05) is 0 Å². The van der Waals surface area contributed by atoms with Gasteiger partial charge in [0.25, 0.3) is 0 Å². The second kappa shape index (κ2) is 5.52. The van der Waals surface area contributed by atoms with Crippen LogP contribution in [0.3, 0.4) is 0 Å². The Morgan fingerprint density at radius 1 is 1.24 bits per heavy atom. The van der Waals surface area contributed by atoms with E-state index in [9.17, 15) is 13.2 Å². The molecular formula is C14H24N2O4S. The lowest BCUT2D eigenvalue weighted by atomic mass is 9.89. The van der Waals surface area contributed by atoms with E-state index >= 15 is 0 Å². The third-order valence-electron chi connectivity index (χ3n) is 4.91. The topological polar surface area (TPSA) is 75.7 Å². The number of rotatable bonds is 4. The molecule has 21 heavy (non-hydrogen) atoms. The van der Waals surface area contributed by atoms with E-state index in [-0.39, 0.29) is 17.6 Å². The molecule has 3 rings (SSSR count). The molecule has 0 radical (unpaired) electrons. The minimum atomic E-state index is -3.11. The predicted octanol–water partition coefficient (Wildman–Crippen LogP) is 0.486. The van der Waals surface area contributed by atoms with Gasteiger partial charge >= 0.3 is 0 Å². The zero-order chi connectivity index (χ0) is 15.1. The quantitative estimate of drug-likeness (QED) is 0.819. The SMILES string of the molecule is CS(=O)(=O)N1CCC2(CC[C@H](C(=O)NCC3CC3)O2)CC1. The summed E-state index contributed by atoms with van der Waals surface area (Å²) >= 11 is 0. The van der Waals surface area contributed by atoms with Gasteiger partial charge in [-0.25, -0.2) is 12.7 Å². The van der Waals surface area contributed by atoms with Crippen molar-refractivity contribution in [3.8, 4) is 0 Å². The first-order valence-corrected chi connectivity index (χ1v) is 9.63. The molecule has 1 aliphatic carbocycles. The Morgan fingerprint density at radius 3 is 2.48 bits per heavy atom.